The first kappa shape index (κ1) is 15.4. The fourth-order valence-electron chi connectivity index (χ4n) is 1.80. The fourth-order valence-corrected chi connectivity index (χ4v) is 2.17. The molecule has 3 nitrogen and oxygen atoms in total. The van der Waals surface area contributed by atoms with Gasteiger partial charge in [0.25, 0.3) is 0 Å². The minimum atomic E-state index is -1.05. The van der Waals surface area contributed by atoms with Crippen LogP contribution in [0.2, 0.25) is 0 Å². The highest BCUT2D eigenvalue weighted by atomic mass is 79.9. The average Bonchev–Trinajstić information content (AvgIpc) is 2.44. The van der Waals surface area contributed by atoms with E-state index in [1.54, 1.807) is 6.92 Å². The van der Waals surface area contributed by atoms with Crippen molar-refractivity contribution < 1.29 is 23.4 Å². The van der Waals surface area contributed by atoms with Gasteiger partial charge in [-0.15, -0.1) is 0 Å². The van der Waals surface area contributed by atoms with E-state index in [9.17, 15) is 13.6 Å². The summed E-state index contributed by atoms with van der Waals surface area (Å²) in [6.07, 6.45) is 0. The highest BCUT2D eigenvalue weighted by Gasteiger charge is 2.14. The lowest BCUT2D eigenvalue weighted by Crippen LogP contribution is -2.04. The Balaban J connectivity index is 2.21. The maximum Gasteiger partial charge on any atom is 0.335 e. The van der Waals surface area contributed by atoms with Gasteiger partial charge < -0.3 is 9.84 Å². The Morgan fingerprint density at radius 1 is 1.29 bits per heavy atom. The molecule has 21 heavy (non-hydrogen) atoms. The van der Waals surface area contributed by atoms with Crippen LogP contribution in [-0.4, -0.2) is 11.1 Å². The predicted molar refractivity (Wildman–Crippen MR) is 76.5 cm³/mol. The molecule has 6 heteroatoms. The number of rotatable bonds is 4. The van der Waals surface area contributed by atoms with E-state index in [1.165, 1.54) is 24.3 Å². The minimum absolute atomic E-state index is 0.125. The van der Waals surface area contributed by atoms with Crippen molar-refractivity contribution in [3.8, 4) is 5.75 Å². The SMILES string of the molecule is Cc1cc(C(=O)O)ccc1OCc1c(F)ccc(Br)c1F. The summed E-state index contributed by atoms with van der Waals surface area (Å²) in [5, 5.41) is 8.87. The molecule has 0 aliphatic carbocycles. The number of halogens is 3. The first-order valence-corrected chi connectivity index (χ1v) is 6.78. The van der Waals surface area contributed by atoms with E-state index < -0.39 is 17.6 Å². The number of aryl methyl sites for hydroxylation is 1. The van der Waals surface area contributed by atoms with Gasteiger partial charge in [0, 0.05) is 0 Å². The Morgan fingerprint density at radius 2 is 2.00 bits per heavy atom. The minimum Gasteiger partial charge on any atom is -0.488 e. The van der Waals surface area contributed by atoms with Crippen molar-refractivity contribution in [2.75, 3.05) is 0 Å². The second kappa shape index (κ2) is 6.22. The van der Waals surface area contributed by atoms with Gasteiger partial charge in [-0.05, 0) is 58.7 Å². The largest absolute Gasteiger partial charge is 0.488 e. The Bertz CT molecular complexity index is 702. The number of carboxylic acid groups (broad SMARTS) is 1. The van der Waals surface area contributed by atoms with Crippen LogP contribution in [0.4, 0.5) is 8.78 Å². The van der Waals surface area contributed by atoms with Gasteiger partial charge in [0.2, 0.25) is 0 Å². The summed E-state index contributed by atoms with van der Waals surface area (Å²) in [6.45, 7) is 1.37. The molecule has 0 heterocycles. The lowest BCUT2D eigenvalue weighted by atomic mass is 10.1. The Morgan fingerprint density at radius 3 is 2.62 bits per heavy atom. The molecule has 0 unspecified atom stereocenters. The maximum absolute atomic E-state index is 13.8. The van der Waals surface area contributed by atoms with Crippen LogP contribution in [-0.2, 0) is 6.61 Å². The second-order valence-electron chi connectivity index (χ2n) is 4.40. The van der Waals surface area contributed by atoms with Crippen molar-refractivity contribution in [1.82, 2.24) is 0 Å². The van der Waals surface area contributed by atoms with Crippen LogP contribution in [0.25, 0.3) is 0 Å². The zero-order chi connectivity index (χ0) is 15.6. The molecule has 2 aromatic carbocycles. The number of benzene rings is 2. The summed E-state index contributed by atoms with van der Waals surface area (Å²) in [4.78, 5) is 10.8. The van der Waals surface area contributed by atoms with Gasteiger partial charge >= 0.3 is 5.97 Å². The standard InChI is InChI=1S/C15H11BrF2O3/c1-8-6-9(15(19)20)2-5-13(8)21-7-10-12(17)4-3-11(16)14(10)18/h2-6H,7H2,1H3,(H,19,20). The number of ether oxygens (including phenoxy) is 1. The van der Waals surface area contributed by atoms with Crippen LogP contribution in [0.15, 0.2) is 34.8 Å². The zero-order valence-electron chi connectivity index (χ0n) is 11.0. The zero-order valence-corrected chi connectivity index (χ0v) is 12.6. The van der Waals surface area contributed by atoms with Crippen LogP contribution in [0, 0.1) is 18.6 Å². The van der Waals surface area contributed by atoms with Crippen LogP contribution in [0.3, 0.4) is 0 Å². The molecule has 0 saturated heterocycles. The smallest absolute Gasteiger partial charge is 0.335 e. The summed E-state index contributed by atoms with van der Waals surface area (Å²) in [7, 11) is 0. The van der Waals surface area contributed by atoms with Crippen LogP contribution >= 0.6 is 15.9 Å². The lowest BCUT2D eigenvalue weighted by molar-refractivity contribution is 0.0696. The van der Waals surface area contributed by atoms with E-state index in [-0.39, 0.29) is 22.2 Å². The number of hydrogen-bond donors (Lipinski definition) is 1. The van der Waals surface area contributed by atoms with Crippen molar-refractivity contribution in [2.24, 2.45) is 0 Å². The van der Waals surface area contributed by atoms with E-state index in [1.807, 2.05) is 0 Å². The van der Waals surface area contributed by atoms with Crippen LogP contribution in [0.1, 0.15) is 21.5 Å². The van der Waals surface area contributed by atoms with Crippen molar-refractivity contribution >= 4 is 21.9 Å². The van der Waals surface area contributed by atoms with E-state index in [2.05, 4.69) is 15.9 Å². The van der Waals surface area contributed by atoms with Gasteiger partial charge in [-0.1, -0.05) is 0 Å². The summed E-state index contributed by atoms with van der Waals surface area (Å²) >= 11 is 2.98. The van der Waals surface area contributed by atoms with Crippen molar-refractivity contribution in [3.63, 3.8) is 0 Å². The molecule has 0 fully saturated rings. The fraction of sp³-hybridized carbons (Fsp3) is 0.133. The maximum atomic E-state index is 13.8. The van der Waals surface area contributed by atoms with E-state index in [4.69, 9.17) is 9.84 Å². The third kappa shape index (κ3) is 3.39. The monoisotopic (exact) mass is 356 g/mol. The third-order valence-electron chi connectivity index (χ3n) is 2.93. The van der Waals surface area contributed by atoms with Gasteiger partial charge in [0.05, 0.1) is 15.6 Å². The first-order valence-electron chi connectivity index (χ1n) is 5.99. The summed E-state index contributed by atoms with van der Waals surface area (Å²) in [6, 6.07) is 6.70. The molecular weight excluding hydrogens is 346 g/mol. The molecule has 110 valence electrons. The molecule has 0 aliphatic heterocycles. The quantitative estimate of drug-likeness (QED) is 0.830. The molecule has 2 rings (SSSR count). The molecule has 0 radical (unpaired) electrons. The Hall–Kier alpha value is -1.95. The van der Waals surface area contributed by atoms with E-state index >= 15 is 0 Å². The summed E-state index contributed by atoms with van der Waals surface area (Å²) < 4.78 is 32.9. The van der Waals surface area contributed by atoms with Crippen molar-refractivity contribution in [2.45, 2.75) is 13.5 Å². The Labute approximate surface area is 128 Å². The normalized spacial score (nSPS) is 10.5. The van der Waals surface area contributed by atoms with Gasteiger partial charge in [-0.25, -0.2) is 13.6 Å². The topological polar surface area (TPSA) is 46.5 Å². The first-order chi connectivity index (χ1) is 9.90. The predicted octanol–water partition coefficient (Wildman–Crippen LogP) is 4.31. The van der Waals surface area contributed by atoms with Gasteiger partial charge in [-0.3, -0.25) is 0 Å². The molecular formula is C15H11BrF2O3. The molecule has 2 aromatic rings. The molecule has 1 N–H and O–H groups in total. The molecule has 0 bridgehead atoms. The third-order valence-corrected chi connectivity index (χ3v) is 3.55. The molecule has 0 spiro atoms. The van der Waals surface area contributed by atoms with Gasteiger partial charge in [0.1, 0.15) is 24.0 Å². The molecule has 0 aromatic heterocycles. The number of carbonyl (C=O) groups is 1. The highest BCUT2D eigenvalue weighted by Crippen LogP contribution is 2.25. The van der Waals surface area contributed by atoms with E-state index in [0.717, 1.165) is 6.07 Å². The number of aromatic carboxylic acids is 1. The van der Waals surface area contributed by atoms with E-state index in [0.29, 0.717) is 11.3 Å². The summed E-state index contributed by atoms with van der Waals surface area (Å²) in [5.74, 6) is -2.09. The van der Waals surface area contributed by atoms with Crippen molar-refractivity contribution in [1.29, 1.82) is 0 Å². The molecule has 0 atom stereocenters. The van der Waals surface area contributed by atoms with Crippen LogP contribution in [0.5, 0.6) is 5.75 Å². The molecule has 0 saturated carbocycles. The highest BCUT2D eigenvalue weighted by molar-refractivity contribution is 9.10. The molecule has 0 aliphatic rings. The van der Waals surface area contributed by atoms with Gasteiger partial charge in [-0.2, -0.15) is 0 Å². The van der Waals surface area contributed by atoms with Crippen molar-refractivity contribution in [3.05, 3.63) is 63.1 Å². The lowest BCUT2D eigenvalue weighted by Gasteiger charge is -2.11. The Kier molecular flexibility index (Phi) is 4.57. The second-order valence-corrected chi connectivity index (χ2v) is 5.25. The van der Waals surface area contributed by atoms with Crippen LogP contribution < -0.4 is 4.74 Å². The molecule has 0 amide bonds. The average molecular weight is 357 g/mol. The summed E-state index contributed by atoms with van der Waals surface area (Å²) in [5.41, 5.74) is 0.511. The number of carboxylic acids is 1. The number of hydrogen-bond acceptors (Lipinski definition) is 2. The van der Waals surface area contributed by atoms with Gasteiger partial charge in [0.15, 0.2) is 0 Å².